The zero-order chi connectivity index (χ0) is 6.69. The Hall–Kier alpha value is -0.700. The second kappa shape index (κ2) is 2.73. The monoisotopic (exact) mass is 126 g/mol. The number of hydrogen-bond donors (Lipinski definition) is 0. The van der Waals surface area contributed by atoms with Gasteiger partial charge in [0.15, 0.2) is 6.92 Å². The van der Waals surface area contributed by atoms with Gasteiger partial charge in [-0.15, -0.1) is 13.1 Å². The number of carbonyl (C=O) groups is 1. The fourth-order valence-electron chi connectivity index (χ4n) is 0.856. The van der Waals surface area contributed by atoms with E-state index in [-0.39, 0.29) is 5.91 Å². The van der Waals surface area contributed by atoms with Crippen molar-refractivity contribution in [1.29, 1.82) is 0 Å². The maximum absolute atomic E-state index is 10.6. The molecule has 0 spiro atoms. The minimum Gasteiger partial charge on any atom is -0.659 e. The van der Waals surface area contributed by atoms with E-state index in [0.29, 0.717) is 0 Å². The lowest BCUT2D eigenvalue weighted by Gasteiger charge is -2.32. The van der Waals surface area contributed by atoms with Gasteiger partial charge in [0.05, 0.1) is 0 Å². The molecule has 1 aliphatic heterocycles. The summed E-state index contributed by atoms with van der Waals surface area (Å²) in [4.78, 5) is 12.3. The first-order valence-corrected chi connectivity index (χ1v) is 3.05. The second-order valence-corrected chi connectivity index (χ2v) is 2.05. The third kappa shape index (κ3) is 1.61. The average molecular weight is 126 g/mol. The molecular formula is C6H10N2O. The van der Waals surface area contributed by atoms with E-state index < -0.39 is 0 Å². The first kappa shape index (κ1) is 6.42. The Bertz CT molecular complexity index is 108. The molecule has 1 amide bonds. The standard InChI is InChI=1S/C6H10N2O/c1-6(9)8-4-2-7-3-5-8/h1-5H2. The highest BCUT2D eigenvalue weighted by atomic mass is 16.2. The van der Waals surface area contributed by atoms with Gasteiger partial charge >= 0.3 is 5.91 Å². The fraction of sp³-hybridized carbons (Fsp3) is 0.667. The summed E-state index contributed by atoms with van der Waals surface area (Å²) in [5.41, 5.74) is 0. The largest absolute Gasteiger partial charge is 0.659 e. The lowest BCUT2D eigenvalue weighted by atomic mass is 10.4. The Balaban J connectivity index is 2.31. The van der Waals surface area contributed by atoms with Crippen molar-refractivity contribution in [3.8, 4) is 0 Å². The summed E-state index contributed by atoms with van der Waals surface area (Å²) in [5.74, 6) is -0.0788. The summed E-state index contributed by atoms with van der Waals surface area (Å²) in [6.45, 7) is 6.37. The van der Waals surface area contributed by atoms with Crippen molar-refractivity contribution in [2.24, 2.45) is 0 Å². The number of rotatable bonds is 0. The molecule has 0 unspecified atom stereocenters. The summed E-state index contributed by atoms with van der Waals surface area (Å²) in [5, 5.41) is 4.09. The molecule has 0 aromatic rings. The summed E-state index contributed by atoms with van der Waals surface area (Å²) in [6, 6.07) is 0. The van der Waals surface area contributed by atoms with Crippen LogP contribution in [-0.4, -0.2) is 37.0 Å². The molecular weight excluding hydrogens is 116 g/mol. The van der Waals surface area contributed by atoms with Crippen molar-refractivity contribution < 1.29 is 4.79 Å². The number of piperazine rings is 1. The molecule has 3 nitrogen and oxygen atoms in total. The zero-order valence-corrected chi connectivity index (χ0v) is 5.34. The van der Waals surface area contributed by atoms with Crippen LogP contribution in [0.15, 0.2) is 0 Å². The molecule has 0 aromatic carbocycles. The predicted molar refractivity (Wildman–Crippen MR) is 35.0 cm³/mol. The molecule has 9 heavy (non-hydrogen) atoms. The molecule has 3 heteroatoms. The van der Waals surface area contributed by atoms with Crippen LogP contribution >= 0.6 is 0 Å². The molecule has 0 radical (unpaired) electrons. The molecule has 0 saturated carbocycles. The number of hydrogen-bond acceptors (Lipinski definition) is 1. The average Bonchev–Trinajstić information content (AvgIpc) is 1.90. The van der Waals surface area contributed by atoms with Gasteiger partial charge in [0, 0.05) is 13.1 Å². The molecule has 0 aromatic heterocycles. The highest BCUT2D eigenvalue weighted by Gasteiger charge is 2.11. The molecule has 1 fully saturated rings. The van der Waals surface area contributed by atoms with E-state index in [4.69, 9.17) is 0 Å². The van der Waals surface area contributed by atoms with Gasteiger partial charge in [0.25, 0.3) is 0 Å². The number of nitrogens with zero attached hydrogens (tertiary/aromatic N) is 2. The number of carbonyl (C=O) groups excluding carboxylic acids is 1. The van der Waals surface area contributed by atoms with E-state index in [2.05, 4.69) is 12.2 Å². The maximum Gasteiger partial charge on any atom is 0.401 e. The van der Waals surface area contributed by atoms with E-state index in [0.717, 1.165) is 26.2 Å². The first-order valence-electron chi connectivity index (χ1n) is 3.05. The topological polar surface area (TPSA) is 34.4 Å². The minimum atomic E-state index is -0.0788. The maximum atomic E-state index is 10.6. The van der Waals surface area contributed by atoms with Gasteiger partial charge in [-0.3, -0.25) is 0 Å². The van der Waals surface area contributed by atoms with E-state index in [9.17, 15) is 4.79 Å². The van der Waals surface area contributed by atoms with Gasteiger partial charge in [-0.1, -0.05) is 0 Å². The highest BCUT2D eigenvalue weighted by molar-refractivity contribution is 5.80. The number of amides is 1. The SMILES string of the molecule is [CH2+]C(=O)N1CC[N-]CC1. The van der Waals surface area contributed by atoms with Crippen molar-refractivity contribution in [1.82, 2.24) is 4.90 Å². The Morgan fingerprint density at radius 3 is 2.33 bits per heavy atom. The molecule has 1 aliphatic rings. The van der Waals surface area contributed by atoms with Crippen molar-refractivity contribution in [2.45, 2.75) is 0 Å². The lowest BCUT2D eigenvalue weighted by molar-refractivity contribution is -0.126. The molecule has 0 atom stereocenters. The second-order valence-electron chi connectivity index (χ2n) is 2.05. The Morgan fingerprint density at radius 1 is 1.44 bits per heavy atom. The van der Waals surface area contributed by atoms with Crippen LogP contribution in [0.4, 0.5) is 0 Å². The van der Waals surface area contributed by atoms with Gasteiger partial charge in [0.1, 0.15) is 0 Å². The quantitative estimate of drug-likeness (QED) is 0.422. The third-order valence-corrected chi connectivity index (χ3v) is 1.41. The van der Waals surface area contributed by atoms with Crippen molar-refractivity contribution >= 4 is 5.91 Å². The Kier molecular flexibility index (Phi) is 1.95. The summed E-state index contributed by atoms with van der Waals surface area (Å²) in [7, 11) is 0. The molecule has 50 valence electrons. The van der Waals surface area contributed by atoms with Gasteiger partial charge in [-0.2, -0.15) is 0 Å². The van der Waals surface area contributed by atoms with Crippen LogP contribution in [0.1, 0.15) is 0 Å². The summed E-state index contributed by atoms with van der Waals surface area (Å²) < 4.78 is 0. The van der Waals surface area contributed by atoms with E-state index >= 15 is 0 Å². The Morgan fingerprint density at radius 2 is 2.00 bits per heavy atom. The molecule has 0 aliphatic carbocycles. The smallest absolute Gasteiger partial charge is 0.401 e. The van der Waals surface area contributed by atoms with Crippen LogP contribution in [0.5, 0.6) is 0 Å². The minimum absolute atomic E-state index is 0.0788. The first-order chi connectivity index (χ1) is 4.30. The van der Waals surface area contributed by atoms with Gasteiger partial charge in [-0.25, -0.2) is 4.79 Å². The Labute approximate surface area is 55.0 Å². The normalized spacial score (nSPS) is 19.8. The zero-order valence-electron chi connectivity index (χ0n) is 5.34. The van der Waals surface area contributed by atoms with Gasteiger partial charge in [0.2, 0.25) is 0 Å². The predicted octanol–water partition coefficient (Wildman–Crippen LogP) is 0.0364. The van der Waals surface area contributed by atoms with Crippen LogP contribution in [0, 0.1) is 6.92 Å². The van der Waals surface area contributed by atoms with E-state index in [1.807, 2.05) is 0 Å². The summed E-state index contributed by atoms with van der Waals surface area (Å²) >= 11 is 0. The van der Waals surface area contributed by atoms with Crippen LogP contribution in [0.2, 0.25) is 0 Å². The van der Waals surface area contributed by atoms with Crippen LogP contribution in [-0.2, 0) is 4.79 Å². The van der Waals surface area contributed by atoms with E-state index in [1.165, 1.54) is 0 Å². The third-order valence-electron chi connectivity index (χ3n) is 1.41. The highest BCUT2D eigenvalue weighted by Crippen LogP contribution is 2.00. The van der Waals surface area contributed by atoms with Gasteiger partial charge < -0.3 is 10.2 Å². The van der Waals surface area contributed by atoms with Crippen LogP contribution in [0.25, 0.3) is 5.32 Å². The lowest BCUT2D eigenvalue weighted by Crippen LogP contribution is -2.37. The van der Waals surface area contributed by atoms with Crippen molar-refractivity contribution in [3.05, 3.63) is 12.2 Å². The van der Waals surface area contributed by atoms with Crippen LogP contribution < -0.4 is 0 Å². The molecule has 0 N–H and O–H groups in total. The summed E-state index contributed by atoms with van der Waals surface area (Å²) in [6.07, 6.45) is 0. The van der Waals surface area contributed by atoms with Gasteiger partial charge in [-0.05, 0) is 0 Å². The molecule has 0 bridgehead atoms. The van der Waals surface area contributed by atoms with Crippen LogP contribution in [0.3, 0.4) is 0 Å². The fourth-order valence-corrected chi connectivity index (χ4v) is 0.856. The van der Waals surface area contributed by atoms with E-state index in [1.54, 1.807) is 4.90 Å². The van der Waals surface area contributed by atoms with Crippen molar-refractivity contribution in [3.63, 3.8) is 0 Å². The van der Waals surface area contributed by atoms with Crippen molar-refractivity contribution in [2.75, 3.05) is 26.2 Å². The molecule has 1 rings (SSSR count). The molecule has 1 saturated heterocycles. The molecule has 1 heterocycles.